The predicted molar refractivity (Wildman–Crippen MR) is 69.1 cm³/mol. The van der Waals surface area contributed by atoms with E-state index in [0.717, 1.165) is 11.3 Å². The van der Waals surface area contributed by atoms with Gasteiger partial charge < -0.3 is 10.2 Å². The zero-order chi connectivity index (χ0) is 12.7. The number of amides is 2. The van der Waals surface area contributed by atoms with E-state index in [1.807, 2.05) is 39.8 Å². The molecule has 0 saturated carbocycles. The average Bonchev–Trinajstić information content (AvgIpc) is 2.29. The Morgan fingerprint density at radius 3 is 2.44 bits per heavy atom. The largest absolute Gasteiger partial charge is 0.322 e. The minimum atomic E-state index is -0.0730. The third-order valence-electron chi connectivity index (χ3n) is 2.38. The summed E-state index contributed by atoms with van der Waals surface area (Å²) in [5, 5.41) is 2.78. The lowest BCUT2D eigenvalue weighted by Crippen LogP contribution is -2.47. The van der Waals surface area contributed by atoms with Crippen molar-refractivity contribution in [3.63, 3.8) is 0 Å². The van der Waals surface area contributed by atoms with Crippen molar-refractivity contribution < 1.29 is 4.79 Å². The van der Waals surface area contributed by atoms with Gasteiger partial charge in [0.25, 0.3) is 0 Å². The van der Waals surface area contributed by atoms with Gasteiger partial charge in [-0.15, -0.1) is 0 Å². The van der Waals surface area contributed by atoms with E-state index in [4.69, 9.17) is 0 Å². The van der Waals surface area contributed by atoms with Gasteiger partial charge in [-0.05, 0) is 19.4 Å². The van der Waals surface area contributed by atoms with Crippen LogP contribution in [0.1, 0.15) is 27.7 Å². The highest BCUT2D eigenvalue weighted by Crippen LogP contribution is 2.19. The van der Waals surface area contributed by atoms with E-state index < -0.39 is 0 Å². The number of hydrogen-bond donors (Lipinski definition) is 1. The highest BCUT2D eigenvalue weighted by molar-refractivity contribution is 5.79. The van der Waals surface area contributed by atoms with E-state index in [0.29, 0.717) is 0 Å². The Bertz CT molecular complexity index is 316. The summed E-state index contributed by atoms with van der Waals surface area (Å²) in [4.78, 5) is 13.1. The van der Waals surface area contributed by atoms with Crippen LogP contribution in [-0.2, 0) is 0 Å². The lowest BCUT2D eigenvalue weighted by atomic mass is 10.0. The highest BCUT2D eigenvalue weighted by atomic mass is 16.2. The molecule has 1 aliphatic rings. The molecular formula is C13H22N2O. The normalized spacial score (nSPS) is 20.4. The zero-order valence-electron chi connectivity index (χ0n) is 10.9. The summed E-state index contributed by atoms with van der Waals surface area (Å²) in [7, 11) is 1.77. The molecule has 16 heavy (non-hydrogen) atoms. The molecule has 0 aliphatic carbocycles. The number of urea groups is 1. The molecule has 3 heteroatoms. The van der Waals surface area contributed by atoms with Crippen LogP contribution in [0, 0.1) is 0 Å². The summed E-state index contributed by atoms with van der Waals surface area (Å²) in [6.07, 6.45) is 5.71. The number of likely N-dealkylation sites (N-methyl/N-ethyl adjacent to an activating group) is 1. The first-order valence-corrected chi connectivity index (χ1v) is 5.61. The lowest BCUT2D eigenvalue weighted by molar-refractivity contribution is 0.203. The molecule has 0 spiro atoms. The zero-order valence-corrected chi connectivity index (χ0v) is 10.9. The second-order valence-electron chi connectivity index (χ2n) is 3.30. The molecule has 1 N–H and O–H groups in total. The molecule has 0 aromatic rings. The van der Waals surface area contributed by atoms with E-state index in [9.17, 15) is 4.79 Å². The Hall–Kier alpha value is -1.51. The molecular weight excluding hydrogens is 200 g/mol. The topological polar surface area (TPSA) is 32.3 Å². The second-order valence-corrected chi connectivity index (χ2v) is 3.30. The molecule has 1 unspecified atom stereocenters. The molecule has 2 amide bonds. The van der Waals surface area contributed by atoms with Crippen molar-refractivity contribution in [1.29, 1.82) is 0 Å². The molecule has 1 rings (SSSR count). The van der Waals surface area contributed by atoms with Crippen LogP contribution in [0.25, 0.3) is 0 Å². The Morgan fingerprint density at radius 1 is 1.44 bits per heavy atom. The van der Waals surface area contributed by atoms with Crippen LogP contribution in [0.4, 0.5) is 4.79 Å². The summed E-state index contributed by atoms with van der Waals surface area (Å²) < 4.78 is 0. The Labute approximate surface area is 98.5 Å². The SMILES string of the molecule is C=CC1=C(C)NC(=O)N(C)C1/C=C\C.CC. The maximum atomic E-state index is 11.5. The van der Waals surface area contributed by atoms with Crippen molar-refractivity contribution in [3.05, 3.63) is 36.1 Å². The molecule has 1 atom stereocenters. The minimum absolute atomic E-state index is 0.00579. The van der Waals surface area contributed by atoms with Crippen molar-refractivity contribution in [3.8, 4) is 0 Å². The van der Waals surface area contributed by atoms with Gasteiger partial charge in [0.2, 0.25) is 0 Å². The molecule has 0 fully saturated rings. The van der Waals surface area contributed by atoms with Crippen LogP contribution in [0.2, 0.25) is 0 Å². The van der Waals surface area contributed by atoms with Gasteiger partial charge in [-0.1, -0.05) is 38.7 Å². The van der Waals surface area contributed by atoms with Crippen LogP contribution in [0.5, 0.6) is 0 Å². The summed E-state index contributed by atoms with van der Waals surface area (Å²) in [6, 6.07) is -0.0672. The molecule has 0 radical (unpaired) electrons. The first-order valence-electron chi connectivity index (χ1n) is 5.61. The molecule has 0 aromatic carbocycles. The van der Waals surface area contributed by atoms with E-state index in [1.54, 1.807) is 18.0 Å². The summed E-state index contributed by atoms with van der Waals surface area (Å²) in [6.45, 7) is 11.6. The monoisotopic (exact) mass is 222 g/mol. The fourth-order valence-electron chi connectivity index (χ4n) is 1.57. The number of carbonyl (C=O) groups excluding carboxylic acids is 1. The number of allylic oxidation sites excluding steroid dienone is 2. The molecule has 3 nitrogen and oxygen atoms in total. The van der Waals surface area contributed by atoms with Crippen LogP contribution < -0.4 is 5.32 Å². The minimum Gasteiger partial charge on any atom is -0.317 e. The van der Waals surface area contributed by atoms with Crippen LogP contribution in [0.3, 0.4) is 0 Å². The molecule has 0 saturated heterocycles. The van der Waals surface area contributed by atoms with Gasteiger partial charge in [0, 0.05) is 12.7 Å². The number of nitrogens with zero attached hydrogens (tertiary/aromatic N) is 1. The molecule has 0 aromatic heterocycles. The maximum Gasteiger partial charge on any atom is 0.322 e. The van der Waals surface area contributed by atoms with E-state index >= 15 is 0 Å². The first-order chi connectivity index (χ1) is 7.61. The summed E-state index contributed by atoms with van der Waals surface area (Å²) in [5.41, 5.74) is 1.93. The van der Waals surface area contributed by atoms with Crippen molar-refractivity contribution in [2.45, 2.75) is 33.7 Å². The van der Waals surface area contributed by atoms with Crippen LogP contribution in [-0.4, -0.2) is 24.0 Å². The van der Waals surface area contributed by atoms with Gasteiger partial charge in [0.1, 0.15) is 0 Å². The van der Waals surface area contributed by atoms with E-state index in [1.165, 1.54) is 0 Å². The second kappa shape index (κ2) is 6.88. The number of nitrogens with one attached hydrogen (secondary N) is 1. The van der Waals surface area contributed by atoms with Gasteiger partial charge >= 0.3 is 6.03 Å². The quantitative estimate of drug-likeness (QED) is 0.715. The third-order valence-corrected chi connectivity index (χ3v) is 2.38. The maximum absolute atomic E-state index is 11.5. The van der Waals surface area contributed by atoms with Crippen molar-refractivity contribution in [2.24, 2.45) is 0 Å². The summed E-state index contributed by atoms with van der Waals surface area (Å²) >= 11 is 0. The third kappa shape index (κ3) is 2.99. The van der Waals surface area contributed by atoms with Gasteiger partial charge in [0.15, 0.2) is 0 Å². The highest BCUT2D eigenvalue weighted by Gasteiger charge is 2.26. The van der Waals surface area contributed by atoms with Gasteiger partial charge in [-0.3, -0.25) is 0 Å². The Balaban J connectivity index is 0.00000106. The predicted octanol–water partition coefficient (Wildman–Crippen LogP) is 3.07. The van der Waals surface area contributed by atoms with Crippen LogP contribution in [0.15, 0.2) is 36.1 Å². The fourth-order valence-corrected chi connectivity index (χ4v) is 1.57. The van der Waals surface area contributed by atoms with Crippen molar-refractivity contribution in [2.75, 3.05) is 7.05 Å². The molecule has 1 heterocycles. The Kier molecular flexibility index (Phi) is 6.23. The standard InChI is InChI=1S/C11H16N2O.C2H6/c1-5-7-10-9(6-2)8(3)12-11(14)13(10)4;1-2/h5-7,10H,2H2,1,3-4H3,(H,12,14);1-2H3/b7-5-;. The van der Waals surface area contributed by atoms with Gasteiger partial charge in [-0.2, -0.15) is 0 Å². The first kappa shape index (κ1) is 14.5. The average molecular weight is 222 g/mol. The summed E-state index contributed by atoms with van der Waals surface area (Å²) in [5.74, 6) is 0. The van der Waals surface area contributed by atoms with E-state index in [2.05, 4.69) is 11.9 Å². The smallest absolute Gasteiger partial charge is 0.317 e. The number of hydrogen-bond acceptors (Lipinski definition) is 1. The molecule has 0 bridgehead atoms. The Morgan fingerprint density at radius 2 is 2.00 bits per heavy atom. The molecule has 90 valence electrons. The molecule has 1 aliphatic heterocycles. The van der Waals surface area contributed by atoms with Gasteiger partial charge in [-0.25, -0.2) is 4.79 Å². The fraction of sp³-hybridized carbons (Fsp3) is 0.462. The van der Waals surface area contributed by atoms with Crippen LogP contribution >= 0.6 is 0 Å². The van der Waals surface area contributed by atoms with Crippen molar-refractivity contribution >= 4 is 6.03 Å². The number of carbonyl (C=O) groups is 1. The number of rotatable bonds is 2. The van der Waals surface area contributed by atoms with E-state index in [-0.39, 0.29) is 12.1 Å². The van der Waals surface area contributed by atoms with Gasteiger partial charge in [0.05, 0.1) is 6.04 Å². The van der Waals surface area contributed by atoms with Crippen molar-refractivity contribution in [1.82, 2.24) is 10.2 Å². The lowest BCUT2D eigenvalue weighted by Gasteiger charge is -2.33.